The molecule has 3 aliphatic rings. The molecule has 0 saturated carbocycles. The molecule has 6 nitrogen and oxygen atoms in total. The average molecular weight is 837 g/mol. The van der Waals surface area contributed by atoms with Crippen molar-refractivity contribution in [2.24, 2.45) is 0 Å². The second-order valence-electron chi connectivity index (χ2n) is 16.7. The van der Waals surface area contributed by atoms with Crippen LogP contribution in [0, 0.1) is 0 Å². The minimum Gasteiger partial charge on any atom is -0.355 e. The van der Waals surface area contributed by atoms with E-state index in [0.29, 0.717) is 0 Å². The van der Waals surface area contributed by atoms with E-state index >= 15 is 0 Å². The minimum absolute atomic E-state index is 0.939. The zero-order chi connectivity index (χ0) is 42.2. The molecule has 1 aliphatic carbocycles. The summed E-state index contributed by atoms with van der Waals surface area (Å²) < 4.78 is 0. The number of unbranched alkanes of at least 4 members (excludes halogenated alkanes) is 13. The van der Waals surface area contributed by atoms with E-state index in [0.717, 1.165) is 62.3 Å². The van der Waals surface area contributed by atoms with Crippen molar-refractivity contribution in [3.05, 3.63) is 154 Å². The number of thiophene rings is 1. The first kappa shape index (κ1) is 42.8. The van der Waals surface area contributed by atoms with Gasteiger partial charge < -0.3 is 9.97 Å². The summed E-state index contributed by atoms with van der Waals surface area (Å²) >= 11 is 1.63. The molecule has 0 amide bonds. The molecule has 0 atom stereocenters. The fourth-order valence-corrected chi connectivity index (χ4v) is 9.30. The third kappa shape index (κ3) is 12.1. The summed E-state index contributed by atoms with van der Waals surface area (Å²) in [5.41, 5.74) is 17.5. The van der Waals surface area contributed by atoms with E-state index in [9.17, 15) is 0 Å². The van der Waals surface area contributed by atoms with Crippen molar-refractivity contribution in [2.75, 3.05) is 0 Å². The van der Waals surface area contributed by atoms with E-state index in [-0.39, 0.29) is 0 Å². The van der Waals surface area contributed by atoms with Crippen molar-refractivity contribution in [2.45, 2.75) is 110 Å². The van der Waals surface area contributed by atoms with Gasteiger partial charge in [-0.05, 0) is 120 Å². The Bertz CT molecular complexity index is 2540. The predicted molar refractivity (Wildman–Crippen MR) is 265 cm³/mol. The van der Waals surface area contributed by atoms with Gasteiger partial charge in [0.1, 0.15) is 0 Å². The molecule has 2 aliphatic heterocycles. The lowest BCUT2D eigenvalue weighted by Crippen LogP contribution is -1.93. The summed E-state index contributed by atoms with van der Waals surface area (Å²) in [5.74, 6) is 0. The van der Waals surface area contributed by atoms with E-state index in [1.165, 1.54) is 113 Å². The van der Waals surface area contributed by atoms with E-state index < -0.39 is 0 Å². The van der Waals surface area contributed by atoms with Crippen LogP contribution in [0.5, 0.6) is 0 Å². The Morgan fingerprint density at radius 2 is 0.935 bits per heavy atom. The minimum atomic E-state index is 0.939. The zero-order valence-electron chi connectivity index (χ0n) is 36.3. The zero-order valence-corrected chi connectivity index (χ0v) is 37.1. The molecule has 7 heteroatoms. The van der Waals surface area contributed by atoms with Crippen LogP contribution in [-0.2, 0) is 12.8 Å². The second-order valence-corrected chi connectivity index (χ2v) is 17.5. The van der Waals surface area contributed by atoms with E-state index in [1.54, 1.807) is 34.9 Å². The van der Waals surface area contributed by atoms with Crippen LogP contribution in [0.4, 0.5) is 0 Å². The van der Waals surface area contributed by atoms with Gasteiger partial charge in [-0.1, -0.05) is 133 Å². The summed E-state index contributed by atoms with van der Waals surface area (Å²) in [6, 6.07) is 32.2. The highest BCUT2D eigenvalue weighted by Crippen LogP contribution is 2.38. The number of fused-ring (bicyclic) bond motifs is 12. The van der Waals surface area contributed by atoms with Crippen LogP contribution in [0.2, 0.25) is 0 Å². The Balaban J connectivity index is 0.000000143. The Morgan fingerprint density at radius 3 is 1.44 bits per heavy atom. The third-order valence-electron chi connectivity index (χ3n) is 11.9. The Morgan fingerprint density at radius 1 is 0.484 bits per heavy atom. The molecule has 5 aromatic heterocycles. The van der Waals surface area contributed by atoms with Gasteiger partial charge in [-0.3, -0.25) is 9.97 Å². The van der Waals surface area contributed by atoms with Crippen molar-refractivity contribution in [1.29, 1.82) is 0 Å². The van der Waals surface area contributed by atoms with Gasteiger partial charge in [-0.2, -0.15) is 0 Å². The monoisotopic (exact) mass is 836 g/mol. The molecule has 0 fully saturated rings. The van der Waals surface area contributed by atoms with Crippen LogP contribution < -0.4 is 0 Å². The molecule has 2 aromatic carbocycles. The fourth-order valence-electron chi connectivity index (χ4n) is 8.62. The van der Waals surface area contributed by atoms with Gasteiger partial charge in [-0.25, -0.2) is 9.97 Å². The van der Waals surface area contributed by atoms with Gasteiger partial charge >= 0.3 is 0 Å². The molecule has 316 valence electrons. The molecule has 7 aromatic rings. The normalized spacial score (nSPS) is 12.1. The number of aryl methyl sites for hydroxylation is 1. The number of aromatic nitrogens is 6. The lowest BCUT2D eigenvalue weighted by molar-refractivity contribution is 0.535. The molecule has 2 N–H and O–H groups in total. The lowest BCUT2D eigenvalue weighted by atomic mass is 9.96. The fraction of sp³-hybridized carbons (Fsp3) is 0.309. The summed E-state index contributed by atoms with van der Waals surface area (Å²) in [4.78, 5) is 24.2. The van der Waals surface area contributed by atoms with Crippen molar-refractivity contribution < 1.29 is 0 Å². The first-order chi connectivity index (χ1) is 30.7. The SMILES string of the molecule is C1=Cc2cc3ccc(cc4nc(cc5ccc(cc1n2)[nH]5)C=C4)[nH]3.CCCCCCCCCCCCCCCCc1cccc2c1Cc1ccccc1-2.c1cnc2cscc2n1. The maximum absolute atomic E-state index is 4.63. The molecule has 0 saturated heterocycles. The number of rotatable bonds is 15. The summed E-state index contributed by atoms with van der Waals surface area (Å²) in [6.45, 7) is 2.30. The molecule has 62 heavy (non-hydrogen) atoms. The molecule has 0 unspecified atom stereocenters. The molecule has 10 rings (SSSR count). The van der Waals surface area contributed by atoms with Crippen LogP contribution in [0.3, 0.4) is 0 Å². The van der Waals surface area contributed by atoms with Gasteiger partial charge in [0, 0.05) is 45.2 Å². The maximum atomic E-state index is 4.63. The molecule has 7 heterocycles. The van der Waals surface area contributed by atoms with Gasteiger partial charge in [-0.15, -0.1) is 11.3 Å². The van der Waals surface area contributed by atoms with Crippen molar-refractivity contribution >= 4 is 68.7 Å². The quantitative estimate of drug-likeness (QED) is 0.101. The number of aromatic amines is 2. The Kier molecular flexibility index (Phi) is 15.3. The molecule has 0 radical (unpaired) electrons. The predicted octanol–water partition coefficient (Wildman–Crippen LogP) is 15.6. The van der Waals surface area contributed by atoms with Crippen LogP contribution in [0.1, 0.15) is 136 Å². The van der Waals surface area contributed by atoms with Crippen molar-refractivity contribution in [1.82, 2.24) is 29.9 Å². The van der Waals surface area contributed by atoms with Crippen LogP contribution >= 0.6 is 11.3 Å². The lowest BCUT2D eigenvalue weighted by Gasteiger charge is -2.09. The van der Waals surface area contributed by atoms with E-state index in [1.807, 2.05) is 59.3 Å². The first-order valence-corrected chi connectivity index (χ1v) is 24.0. The highest BCUT2D eigenvalue weighted by Gasteiger charge is 2.19. The first-order valence-electron chi connectivity index (χ1n) is 23.0. The highest BCUT2D eigenvalue weighted by atomic mass is 32.1. The number of nitrogens with one attached hydrogen (secondary N) is 2. The number of hydrogen-bond acceptors (Lipinski definition) is 5. The van der Waals surface area contributed by atoms with Crippen LogP contribution in [0.15, 0.2) is 114 Å². The second kappa shape index (κ2) is 22.3. The molecular formula is C55H60N6S. The smallest absolute Gasteiger partial charge is 0.0993 e. The summed E-state index contributed by atoms with van der Waals surface area (Å²) in [7, 11) is 0. The van der Waals surface area contributed by atoms with E-state index in [2.05, 4.69) is 104 Å². The Labute approximate surface area is 371 Å². The number of H-pyrrole nitrogens is 2. The number of hydrogen-bond donors (Lipinski definition) is 2. The summed E-state index contributed by atoms with van der Waals surface area (Å²) in [5, 5.41) is 3.98. The summed E-state index contributed by atoms with van der Waals surface area (Å²) in [6.07, 6.45) is 34.0. The number of nitrogens with zero attached hydrogens (tertiary/aromatic N) is 4. The molecular weight excluding hydrogens is 777 g/mol. The largest absolute Gasteiger partial charge is 0.355 e. The van der Waals surface area contributed by atoms with Crippen molar-refractivity contribution in [3.8, 4) is 11.1 Å². The topological polar surface area (TPSA) is 83.1 Å². The van der Waals surface area contributed by atoms with Crippen LogP contribution in [-0.4, -0.2) is 29.9 Å². The van der Waals surface area contributed by atoms with E-state index in [4.69, 9.17) is 0 Å². The molecule has 8 bridgehead atoms. The van der Waals surface area contributed by atoms with Crippen LogP contribution in [0.25, 0.3) is 68.5 Å². The standard InChI is InChI=1S/C29H42.C20H14N4.C6H4N2S/c1-2-3-4-5-6-7-8-9-10-11-12-13-14-15-19-25-21-18-23-28-27-22-17-16-20-26(27)24-29(25)28;1-2-14-10-16-5-6-18(23-16)12-20-8-7-19(24-20)11-17-4-3-15(22-17)9-13(1)21-14;1-2-8-6-4-9-3-5(6)7-1/h16-18,20-23H,2-15,19,24H2,1H3;1-12,21,24H;1-4H. The average Bonchev–Trinajstić information content (AvgIpc) is 4.17. The molecule has 0 spiro atoms. The maximum Gasteiger partial charge on any atom is 0.0993 e. The number of benzene rings is 2. The van der Waals surface area contributed by atoms with Gasteiger partial charge in [0.15, 0.2) is 0 Å². The van der Waals surface area contributed by atoms with Gasteiger partial charge in [0.25, 0.3) is 0 Å². The Hall–Kier alpha value is -5.92. The van der Waals surface area contributed by atoms with Crippen molar-refractivity contribution in [3.63, 3.8) is 0 Å². The highest BCUT2D eigenvalue weighted by molar-refractivity contribution is 7.09. The van der Waals surface area contributed by atoms with Gasteiger partial charge in [0.2, 0.25) is 0 Å². The van der Waals surface area contributed by atoms with Gasteiger partial charge in [0.05, 0.1) is 33.8 Å². The third-order valence-corrected chi connectivity index (χ3v) is 12.6.